The van der Waals surface area contributed by atoms with Gasteiger partial charge in [0.15, 0.2) is 0 Å². The average molecular weight is 550 g/mol. The van der Waals surface area contributed by atoms with Crippen LogP contribution < -0.4 is 10.2 Å². The van der Waals surface area contributed by atoms with Crippen molar-refractivity contribution in [2.24, 2.45) is 0 Å². The van der Waals surface area contributed by atoms with Crippen molar-refractivity contribution in [2.75, 3.05) is 24.5 Å². The molecule has 2 amide bonds. The molecule has 0 spiro atoms. The van der Waals surface area contributed by atoms with Gasteiger partial charge in [0.05, 0.1) is 10.7 Å². The predicted molar refractivity (Wildman–Crippen MR) is 143 cm³/mol. The van der Waals surface area contributed by atoms with Gasteiger partial charge in [-0.25, -0.2) is 19.2 Å². The highest BCUT2D eigenvalue weighted by atomic mass is 35.5. The van der Waals surface area contributed by atoms with E-state index in [2.05, 4.69) is 34.0 Å². The third kappa shape index (κ3) is 6.46. The number of hydrogen-bond acceptors (Lipinski definition) is 7. The smallest absolute Gasteiger partial charge is 0.408 e. The Morgan fingerprint density at radius 2 is 2.03 bits per heavy atom. The van der Waals surface area contributed by atoms with E-state index in [9.17, 15) is 14.0 Å². The molecule has 11 heteroatoms. The summed E-state index contributed by atoms with van der Waals surface area (Å²) in [6.45, 7) is 11.0. The van der Waals surface area contributed by atoms with E-state index in [0.717, 1.165) is 17.3 Å². The number of benzene rings is 1. The summed E-state index contributed by atoms with van der Waals surface area (Å²) < 4.78 is 19.5. The molecule has 0 bridgehead atoms. The molecule has 37 heavy (non-hydrogen) atoms. The quantitative estimate of drug-likeness (QED) is 0.576. The highest BCUT2D eigenvalue weighted by molar-refractivity contribution is 7.99. The maximum Gasteiger partial charge on any atom is 0.408 e. The number of anilines is 1. The number of piperazine rings is 1. The summed E-state index contributed by atoms with van der Waals surface area (Å²) in [6, 6.07) is 3.47. The van der Waals surface area contributed by atoms with Gasteiger partial charge in [0, 0.05) is 48.7 Å². The minimum absolute atomic E-state index is 0.000555. The second kappa shape index (κ2) is 11.0. The Hall–Kier alpha value is -2.59. The van der Waals surface area contributed by atoms with Crippen LogP contribution in [0.2, 0.25) is 5.02 Å². The van der Waals surface area contributed by atoms with Crippen molar-refractivity contribution in [3.63, 3.8) is 0 Å². The van der Waals surface area contributed by atoms with Crippen LogP contribution in [0.1, 0.15) is 56.7 Å². The number of fused-ring (bicyclic) bond motifs is 1. The molecule has 2 aliphatic heterocycles. The standard InChI is InChI=1S/C26H33ClFN5O3S/c1-15-12-32(8-9-33(15)23-22-16(2)37-13-21(22)29-14-30-23)24(34)20(31-25(35)36-26(3,4)5)11-17-6-7-18(27)19(28)10-17/h6-7,10,14-16,20H,8-9,11-13H2,1-5H3,(H,31,35)/t15-,16-,20+/m0/s1. The Morgan fingerprint density at radius 1 is 1.27 bits per heavy atom. The van der Waals surface area contributed by atoms with Crippen molar-refractivity contribution >= 4 is 41.2 Å². The molecule has 0 saturated carbocycles. The fourth-order valence-corrected chi connectivity index (χ4v) is 5.88. The fraction of sp³-hybridized carbons (Fsp3) is 0.538. The number of rotatable bonds is 5. The molecule has 2 aliphatic rings. The molecule has 1 saturated heterocycles. The van der Waals surface area contributed by atoms with Gasteiger partial charge in [-0.3, -0.25) is 4.79 Å². The van der Waals surface area contributed by atoms with Gasteiger partial charge >= 0.3 is 6.09 Å². The van der Waals surface area contributed by atoms with Crippen LogP contribution in [0.3, 0.4) is 0 Å². The van der Waals surface area contributed by atoms with Gasteiger partial charge in [-0.2, -0.15) is 0 Å². The Bertz CT molecular complexity index is 1180. The number of hydrogen-bond donors (Lipinski definition) is 1. The predicted octanol–water partition coefficient (Wildman–Crippen LogP) is 4.75. The molecule has 1 N–H and O–H groups in total. The molecule has 1 aromatic heterocycles. The summed E-state index contributed by atoms with van der Waals surface area (Å²) in [5, 5.41) is 3.03. The molecular formula is C26H33ClFN5O3S. The first-order chi connectivity index (χ1) is 17.4. The van der Waals surface area contributed by atoms with E-state index in [1.54, 1.807) is 38.1 Å². The first-order valence-corrected chi connectivity index (χ1v) is 13.8. The van der Waals surface area contributed by atoms with E-state index in [4.69, 9.17) is 16.3 Å². The molecule has 3 atom stereocenters. The summed E-state index contributed by atoms with van der Waals surface area (Å²) in [7, 11) is 0. The van der Waals surface area contributed by atoms with Crippen LogP contribution in [0.25, 0.3) is 0 Å². The first-order valence-electron chi connectivity index (χ1n) is 12.4. The van der Waals surface area contributed by atoms with Crippen molar-refractivity contribution < 1.29 is 18.7 Å². The van der Waals surface area contributed by atoms with E-state index in [1.807, 2.05) is 11.8 Å². The number of amides is 2. The fourth-order valence-electron chi connectivity index (χ4n) is 4.71. The second-order valence-electron chi connectivity index (χ2n) is 10.5. The first kappa shape index (κ1) is 27.4. The number of nitrogens with one attached hydrogen (secondary N) is 1. The highest BCUT2D eigenvalue weighted by Gasteiger charge is 2.35. The Kier molecular flexibility index (Phi) is 8.18. The number of ether oxygens (including phenoxy) is 1. The lowest BCUT2D eigenvalue weighted by molar-refractivity contribution is -0.134. The van der Waals surface area contributed by atoms with Gasteiger partial charge in [-0.1, -0.05) is 17.7 Å². The second-order valence-corrected chi connectivity index (χ2v) is 12.2. The zero-order valence-corrected chi connectivity index (χ0v) is 23.3. The van der Waals surface area contributed by atoms with Crippen LogP contribution in [-0.2, 0) is 21.7 Å². The molecule has 1 aromatic carbocycles. The molecule has 200 valence electrons. The van der Waals surface area contributed by atoms with Crippen molar-refractivity contribution in [1.82, 2.24) is 20.2 Å². The summed E-state index contributed by atoms with van der Waals surface area (Å²) >= 11 is 7.67. The van der Waals surface area contributed by atoms with Crippen LogP contribution >= 0.6 is 23.4 Å². The molecule has 3 heterocycles. The molecule has 0 aliphatic carbocycles. The zero-order chi connectivity index (χ0) is 26.9. The van der Waals surface area contributed by atoms with Crippen molar-refractivity contribution in [3.05, 3.63) is 52.2 Å². The van der Waals surface area contributed by atoms with Gasteiger partial charge in [0.25, 0.3) is 0 Å². The Balaban J connectivity index is 1.51. The third-order valence-electron chi connectivity index (χ3n) is 6.45. The summed E-state index contributed by atoms with van der Waals surface area (Å²) in [5.74, 6) is 0.990. The largest absolute Gasteiger partial charge is 0.444 e. The van der Waals surface area contributed by atoms with Crippen LogP contribution in [0, 0.1) is 5.82 Å². The van der Waals surface area contributed by atoms with Crippen molar-refractivity contribution in [2.45, 2.75) is 69.7 Å². The number of carbonyl (C=O) groups is 2. The number of thioether (sulfide) groups is 1. The zero-order valence-electron chi connectivity index (χ0n) is 21.8. The van der Waals surface area contributed by atoms with Crippen LogP contribution in [0.4, 0.5) is 15.0 Å². The monoisotopic (exact) mass is 549 g/mol. The molecule has 2 aromatic rings. The maximum absolute atomic E-state index is 14.1. The summed E-state index contributed by atoms with van der Waals surface area (Å²) in [4.78, 5) is 39.3. The minimum atomic E-state index is -0.922. The lowest BCUT2D eigenvalue weighted by atomic mass is 10.0. The number of nitrogens with zero attached hydrogens (tertiary/aromatic N) is 4. The minimum Gasteiger partial charge on any atom is -0.444 e. The Morgan fingerprint density at radius 3 is 2.70 bits per heavy atom. The molecule has 4 rings (SSSR count). The van der Waals surface area contributed by atoms with E-state index in [1.165, 1.54) is 17.7 Å². The maximum atomic E-state index is 14.1. The van der Waals surface area contributed by atoms with Crippen molar-refractivity contribution in [3.8, 4) is 0 Å². The molecule has 1 fully saturated rings. The van der Waals surface area contributed by atoms with Gasteiger partial charge < -0.3 is 19.9 Å². The number of alkyl carbamates (subject to hydrolysis) is 1. The summed E-state index contributed by atoms with van der Waals surface area (Å²) in [5.41, 5.74) is 2.07. The SMILES string of the molecule is C[C@@H]1SCc2ncnc(N3CCN(C(=O)[C@@H](Cc4ccc(Cl)c(F)c4)NC(=O)OC(C)(C)C)C[C@@H]3C)c21. The van der Waals surface area contributed by atoms with Gasteiger partial charge in [-0.15, -0.1) is 11.8 Å². The highest BCUT2D eigenvalue weighted by Crippen LogP contribution is 2.44. The lowest BCUT2D eigenvalue weighted by Crippen LogP contribution is -2.59. The summed E-state index contributed by atoms with van der Waals surface area (Å²) in [6.07, 6.45) is 1.02. The van der Waals surface area contributed by atoms with E-state index >= 15 is 0 Å². The number of aromatic nitrogens is 2. The van der Waals surface area contributed by atoms with E-state index in [0.29, 0.717) is 30.4 Å². The van der Waals surface area contributed by atoms with E-state index < -0.39 is 23.6 Å². The number of carbonyl (C=O) groups excluding carboxylic acids is 2. The van der Waals surface area contributed by atoms with Gasteiger partial charge in [0.1, 0.15) is 29.6 Å². The molecule has 0 radical (unpaired) electrons. The van der Waals surface area contributed by atoms with Crippen LogP contribution in [0.15, 0.2) is 24.5 Å². The Labute approximate surface area is 226 Å². The third-order valence-corrected chi connectivity index (χ3v) is 7.93. The normalized spacial score (nSPS) is 20.4. The van der Waals surface area contributed by atoms with Crippen LogP contribution in [-0.4, -0.2) is 64.2 Å². The van der Waals surface area contributed by atoms with Crippen LogP contribution in [0.5, 0.6) is 0 Å². The van der Waals surface area contributed by atoms with Crippen molar-refractivity contribution in [1.29, 1.82) is 0 Å². The molecule has 0 unspecified atom stereocenters. The number of halogens is 2. The van der Waals surface area contributed by atoms with E-state index in [-0.39, 0.29) is 23.4 Å². The van der Waals surface area contributed by atoms with Gasteiger partial charge in [-0.05, 0) is 52.3 Å². The van der Waals surface area contributed by atoms with Gasteiger partial charge in [0.2, 0.25) is 5.91 Å². The molecule has 8 nitrogen and oxygen atoms in total. The molecular weight excluding hydrogens is 517 g/mol. The topological polar surface area (TPSA) is 87.7 Å². The average Bonchev–Trinajstić information content (AvgIpc) is 3.20. The lowest BCUT2D eigenvalue weighted by Gasteiger charge is -2.42.